The van der Waals surface area contributed by atoms with Gasteiger partial charge in [0.25, 0.3) is 0 Å². The summed E-state index contributed by atoms with van der Waals surface area (Å²) in [5.41, 5.74) is 8.90. The Labute approximate surface area is 76.3 Å². The van der Waals surface area contributed by atoms with Crippen molar-refractivity contribution in [1.29, 1.82) is 0 Å². The molecule has 0 aliphatic rings. The zero-order valence-corrected chi connectivity index (χ0v) is 8.64. The van der Waals surface area contributed by atoms with Crippen molar-refractivity contribution in [1.82, 2.24) is 10.4 Å². The Morgan fingerprint density at radius 2 is 1.75 bits per heavy atom. The molecule has 0 aliphatic heterocycles. The molecule has 0 aliphatic carbocycles. The SMILES string of the molecule is CCCN(CCC)NC(C)CN. The normalized spacial score (nSPS) is 13.8. The van der Waals surface area contributed by atoms with Gasteiger partial charge in [0.05, 0.1) is 0 Å². The van der Waals surface area contributed by atoms with Gasteiger partial charge in [0.1, 0.15) is 0 Å². The Hall–Kier alpha value is -0.120. The molecule has 1 unspecified atom stereocenters. The van der Waals surface area contributed by atoms with Crippen molar-refractivity contribution >= 4 is 0 Å². The summed E-state index contributed by atoms with van der Waals surface area (Å²) in [6.07, 6.45) is 2.37. The van der Waals surface area contributed by atoms with Gasteiger partial charge in [-0.2, -0.15) is 0 Å². The van der Waals surface area contributed by atoms with E-state index in [-0.39, 0.29) is 0 Å². The highest BCUT2D eigenvalue weighted by atomic mass is 15.5. The van der Waals surface area contributed by atoms with Crippen LogP contribution in [0.4, 0.5) is 0 Å². The summed E-state index contributed by atoms with van der Waals surface area (Å²) in [5, 5.41) is 2.26. The first-order valence-corrected chi connectivity index (χ1v) is 4.95. The molecule has 0 saturated carbocycles. The van der Waals surface area contributed by atoms with E-state index in [0.717, 1.165) is 13.1 Å². The number of nitrogens with two attached hydrogens (primary N) is 1. The van der Waals surface area contributed by atoms with Crippen LogP contribution in [0.1, 0.15) is 33.6 Å². The van der Waals surface area contributed by atoms with E-state index in [1.165, 1.54) is 12.8 Å². The second kappa shape index (κ2) is 7.53. The van der Waals surface area contributed by atoms with Gasteiger partial charge in [0.2, 0.25) is 0 Å². The first-order chi connectivity index (χ1) is 5.74. The number of hydrogen-bond acceptors (Lipinski definition) is 3. The van der Waals surface area contributed by atoms with Crippen molar-refractivity contribution in [2.45, 2.75) is 39.7 Å². The summed E-state index contributed by atoms with van der Waals surface area (Å²) >= 11 is 0. The molecule has 3 N–H and O–H groups in total. The van der Waals surface area contributed by atoms with Gasteiger partial charge in [-0.15, -0.1) is 0 Å². The number of nitrogens with one attached hydrogen (secondary N) is 1. The Bertz CT molecular complexity index is 89.8. The molecule has 0 aromatic heterocycles. The fourth-order valence-electron chi connectivity index (χ4n) is 1.15. The van der Waals surface area contributed by atoms with Crippen molar-refractivity contribution in [3.63, 3.8) is 0 Å². The smallest absolute Gasteiger partial charge is 0.0309 e. The molecule has 3 heteroatoms. The van der Waals surface area contributed by atoms with E-state index in [2.05, 4.69) is 31.2 Å². The maximum atomic E-state index is 5.52. The predicted octanol–water partition coefficient (Wildman–Crippen LogP) is 0.960. The van der Waals surface area contributed by atoms with E-state index in [9.17, 15) is 0 Å². The van der Waals surface area contributed by atoms with E-state index in [0.29, 0.717) is 12.6 Å². The summed E-state index contributed by atoms with van der Waals surface area (Å²) in [6, 6.07) is 0.392. The average molecular weight is 173 g/mol. The quantitative estimate of drug-likeness (QED) is 0.563. The zero-order valence-electron chi connectivity index (χ0n) is 8.64. The van der Waals surface area contributed by atoms with Crippen LogP contribution in [0.25, 0.3) is 0 Å². The highest BCUT2D eigenvalue weighted by Gasteiger charge is 2.04. The highest BCUT2D eigenvalue weighted by Crippen LogP contribution is 1.91. The molecular formula is C9H23N3. The van der Waals surface area contributed by atoms with Crippen molar-refractivity contribution in [2.75, 3.05) is 19.6 Å². The minimum absolute atomic E-state index is 0.392. The van der Waals surface area contributed by atoms with Gasteiger partial charge < -0.3 is 5.73 Å². The van der Waals surface area contributed by atoms with Crippen molar-refractivity contribution < 1.29 is 0 Å². The molecule has 0 saturated heterocycles. The molecule has 3 nitrogen and oxygen atoms in total. The van der Waals surface area contributed by atoms with Crippen LogP contribution >= 0.6 is 0 Å². The Balaban J connectivity index is 3.61. The van der Waals surface area contributed by atoms with Crippen LogP contribution in [0.15, 0.2) is 0 Å². The van der Waals surface area contributed by atoms with E-state index in [4.69, 9.17) is 5.73 Å². The van der Waals surface area contributed by atoms with Crippen LogP contribution in [0.3, 0.4) is 0 Å². The zero-order chi connectivity index (χ0) is 9.40. The van der Waals surface area contributed by atoms with E-state index < -0.39 is 0 Å². The highest BCUT2D eigenvalue weighted by molar-refractivity contribution is 4.59. The molecular weight excluding hydrogens is 150 g/mol. The van der Waals surface area contributed by atoms with Gasteiger partial charge in [-0.05, 0) is 19.8 Å². The number of nitrogens with zero attached hydrogens (tertiary/aromatic N) is 1. The van der Waals surface area contributed by atoms with Crippen LogP contribution in [0.5, 0.6) is 0 Å². The number of hydrazine groups is 1. The second-order valence-electron chi connectivity index (χ2n) is 3.25. The molecule has 1 atom stereocenters. The molecule has 0 aromatic rings. The summed E-state index contributed by atoms with van der Waals surface area (Å²) in [7, 11) is 0. The molecule has 0 heterocycles. The summed E-state index contributed by atoms with van der Waals surface area (Å²) in [5.74, 6) is 0. The maximum absolute atomic E-state index is 5.52. The lowest BCUT2D eigenvalue weighted by atomic mass is 10.3. The number of rotatable bonds is 7. The molecule has 12 heavy (non-hydrogen) atoms. The maximum Gasteiger partial charge on any atom is 0.0309 e. The minimum Gasteiger partial charge on any atom is -0.329 e. The van der Waals surface area contributed by atoms with E-state index in [1.807, 2.05) is 0 Å². The van der Waals surface area contributed by atoms with Crippen molar-refractivity contribution in [3.05, 3.63) is 0 Å². The van der Waals surface area contributed by atoms with Crippen molar-refractivity contribution in [2.24, 2.45) is 5.73 Å². The third kappa shape index (κ3) is 5.52. The van der Waals surface area contributed by atoms with Gasteiger partial charge in [-0.1, -0.05) is 13.8 Å². The van der Waals surface area contributed by atoms with Crippen LogP contribution in [-0.2, 0) is 0 Å². The summed E-state index contributed by atoms with van der Waals surface area (Å²) < 4.78 is 0. The molecule has 74 valence electrons. The largest absolute Gasteiger partial charge is 0.329 e. The molecule has 0 amide bonds. The topological polar surface area (TPSA) is 41.3 Å². The van der Waals surface area contributed by atoms with Crippen LogP contribution in [0.2, 0.25) is 0 Å². The third-order valence-electron chi connectivity index (χ3n) is 1.74. The lowest BCUT2D eigenvalue weighted by molar-refractivity contribution is 0.164. The standard InChI is InChI=1S/C9H23N3/c1-4-6-12(7-5-2)11-9(3)8-10/h9,11H,4-8,10H2,1-3H3. The minimum atomic E-state index is 0.392. The average Bonchev–Trinajstić information content (AvgIpc) is 2.05. The lowest BCUT2D eigenvalue weighted by Gasteiger charge is -2.25. The first kappa shape index (κ1) is 11.9. The van der Waals surface area contributed by atoms with Crippen LogP contribution in [0, 0.1) is 0 Å². The lowest BCUT2D eigenvalue weighted by Crippen LogP contribution is -2.47. The van der Waals surface area contributed by atoms with Gasteiger partial charge >= 0.3 is 0 Å². The molecule has 0 aromatic carbocycles. The summed E-state index contributed by atoms with van der Waals surface area (Å²) in [6.45, 7) is 9.41. The van der Waals surface area contributed by atoms with E-state index in [1.54, 1.807) is 0 Å². The van der Waals surface area contributed by atoms with Crippen molar-refractivity contribution in [3.8, 4) is 0 Å². The Morgan fingerprint density at radius 3 is 2.08 bits per heavy atom. The second-order valence-corrected chi connectivity index (χ2v) is 3.25. The molecule has 0 bridgehead atoms. The van der Waals surface area contributed by atoms with Gasteiger partial charge in [-0.3, -0.25) is 5.43 Å². The van der Waals surface area contributed by atoms with Gasteiger partial charge in [-0.25, -0.2) is 5.01 Å². The van der Waals surface area contributed by atoms with Gasteiger partial charge in [0, 0.05) is 25.7 Å². The monoisotopic (exact) mass is 173 g/mol. The van der Waals surface area contributed by atoms with E-state index >= 15 is 0 Å². The first-order valence-electron chi connectivity index (χ1n) is 4.95. The fourth-order valence-corrected chi connectivity index (χ4v) is 1.15. The molecule has 0 rings (SSSR count). The number of hydrogen-bond donors (Lipinski definition) is 2. The van der Waals surface area contributed by atoms with Crippen LogP contribution < -0.4 is 11.2 Å². The van der Waals surface area contributed by atoms with Crippen LogP contribution in [-0.4, -0.2) is 30.7 Å². The van der Waals surface area contributed by atoms with Gasteiger partial charge in [0.15, 0.2) is 0 Å². The Kier molecular flexibility index (Phi) is 7.45. The Morgan fingerprint density at radius 1 is 1.25 bits per heavy atom. The summed E-state index contributed by atoms with van der Waals surface area (Å²) in [4.78, 5) is 0. The molecule has 0 radical (unpaired) electrons. The fraction of sp³-hybridized carbons (Fsp3) is 1.00. The molecule has 0 fully saturated rings. The predicted molar refractivity (Wildman–Crippen MR) is 53.8 cm³/mol. The third-order valence-corrected chi connectivity index (χ3v) is 1.74. The molecule has 0 spiro atoms.